The highest BCUT2D eigenvalue weighted by Crippen LogP contribution is 2.28. The lowest BCUT2D eigenvalue weighted by Gasteiger charge is -2.28. The zero-order chi connectivity index (χ0) is 21.5. The second-order valence-corrected chi connectivity index (χ2v) is 7.71. The summed E-state index contributed by atoms with van der Waals surface area (Å²) in [5, 5.41) is 13.8. The number of nitrogens with zero attached hydrogens (tertiary/aromatic N) is 2. The predicted octanol–water partition coefficient (Wildman–Crippen LogP) is 4.10. The molecule has 158 valence electrons. The van der Waals surface area contributed by atoms with E-state index in [9.17, 15) is 19.7 Å². The molecule has 1 heterocycles. The van der Waals surface area contributed by atoms with Gasteiger partial charge in [-0.2, -0.15) is 0 Å². The second kappa shape index (κ2) is 10.1. The molecule has 2 aromatic carbocycles. The summed E-state index contributed by atoms with van der Waals surface area (Å²) >= 11 is 1.21. The van der Waals surface area contributed by atoms with Gasteiger partial charge >= 0.3 is 5.97 Å². The Bertz CT molecular complexity index is 927. The number of carbonyl (C=O) groups excluding carboxylic acids is 2. The number of hydrogen-bond donors (Lipinski definition) is 1. The molecule has 2 aromatic rings. The molecule has 0 spiro atoms. The van der Waals surface area contributed by atoms with Crippen LogP contribution in [-0.2, 0) is 9.53 Å². The predicted molar refractivity (Wildman–Crippen MR) is 116 cm³/mol. The Labute approximate surface area is 178 Å². The van der Waals surface area contributed by atoms with Crippen LogP contribution >= 0.6 is 11.8 Å². The van der Waals surface area contributed by atoms with Crippen molar-refractivity contribution in [3.63, 3.8) is 0 Å². The van der Waals surface area contributed by atoms with Crippen LogP contribution < -0.4 is 10.2 Å². The highest BCUT2D eigenvalue weighted by Gasteiger charge is 2.18. The van der Waals surface area contributed by atoms with E-state index in [0.29, 0.717) is 10.6 Å². The van der Waals surface area contributed by atoms with Crippen LogP contribution in [0.3, 0.4) is 0 Å². The van der Waals surface area contributed by atoms with Crippen LogP contribution in [0.15, 0.2) is 47.4 Å². The fraction of sp³-hybridized carbons (Fsp3) is 0.333. The highest BCUT2D eigenvalue weighted by atomic mass is 32.2. The Morgan fingerprint density at radius 1 is 1.13 bits per heavy atom. The highest BCUT2D eigenvalue weighted by molar-refractivity contribution is 7.98. The Kier molecular flexibility index (Phi) is 7.29. The summed E-state index contributed by atoms with van der Waals surface area (Å²) in [4.78, 5) is 37.6. The van der Waals surface area contributed by atoms with E-state index < -0.39 is 23.4 Å². The number of carbonyl (C=O) groups is 2. The number of hydrogen-bond acceptors (Lipinski definition) is 7. The van der Waals surface area contributed by atoms with Crippen molar-refractivity contribution in [1.29, 1.82) is 0 Å². The molecule has 1 aliphatic heterocycles. The molecule has 1 amide bonds. The van der Waals surface area contributed by atoms with Gasteiger partial charge in [0, 0.05) is 30.5 Å². The van der Waals surface area contributed by atoms with Crippen LogP contribution in [0.25, 0.3) is 0 Å². The molecule has 0 aliphatic carbocycles. The van der Waals surface area contributed by atoms with Gasteiger partial charge in [0.05, 0.1) is 15.4 Å². The van der Waals surface area contributed by atoms with Gasteiger partial charge in [-0.05, 0) is 61.9 Å². The number of anilines is 2. The van der Waals surface area contributed by atoms with Gasteiger partial charge in [-0.25, -0.2) is 4.79 Å². The minimum absolute atomic E-state index is 0.0261. The molecule has 0 bridgehead atoms. The smallest absolute Gasteiger partial charge is 0.338 e. The van der Waals surface area contributed by atoms with Crippen LogP contribution in [0.5, 0.6) is 0 Å². The first-order chi connectivity index (χ1) is 14.5. The standard InChI is InChI=1S/C21H23N3O5S/c1-30-19-10-5-15(13-18(19)24(27)28)21(26)29-14-20(25)22-16-6-8-17(9-7-16)23-11-3-2-4-12-23/h5-10,13H,2-4,11-12,14H2,1H3,(H,22,25). The minimum atomic E-state index is -0.790. The lowest BCUT2D eigenvalue weighted by Crippen LogP contribution is -2.29. The monoisotopic (exact) mass is 429 g/mol. The van der Waals surface area contributed by atoms with E-state index >= 15 is 0 Å². The zero-order valence-electron chi connectivity index (χ0n) is 16.6. The van der Waals surface area contributed by atoms with Crippen molar-refractivity contribution in [3.8, 4) is 0 Å². The molecule has 0 radical (unpaired) electrons. The number of nitrogens with one attached hydrogen (secondary N) is 1. The molecule has 1 saturated heterocycles. The van der Waals surface area contributed by atoms with E-state index in [1.165, 1.54) is 43.2 Å². The number of ether oxygens (including phenoxy) is 1. The third-order valence-corrected chi connectivity index (χ3v) is 5.60. The molecule has 9 heteroatoms. The van der Waals surface area contributed by atoms with Crippen molar-refractivity contribution in [3.05, 3.63) is 58.1 Å². The maximum absolute atomic E-state index is 12.2. The maximum Gasteiger partial charge on any atom is 0.338 e. The number of nitro benzene ring substituents is 1. The molecule has 8 nitrogen and oxygen atoms in total. The van der Waals surface area contributed by atoms with Crippen LogP contribution in [0.2, 0.25) is 0 Å². The van der Waals surface area contributed by atoms with E-state index in [1.807, 2.05) is 24.3 Å². The second-order valence-electron chi connectivity index (χ2n) is 6.86. The van der Waals surface area contributed by atoms with Gasteiger partial charge in [-0.3, -0.25) is 14.9 Å². The lowest BCUT2D eigenvalue weighted by molar-refractivity contribution is -0.387. The lowest BCUT2D eigenvalue weighted by atomic mass is 10.1. The molecule has 0 atom stereocenters. The first-order valence-corrected chi connectivity index (χ1v) is 10.8. The SMILES string of the molecule is CSc1ccc(C(=O)OCC(=O)Nc2ccc(N3CCCCC3)cc2)cc1[N+](=O)[O-]. The molecular weight excluding hydrogens is 406 g/mol. The summed E-state index contributed by atoms with van der Waals surface area (Å²) in [5.41, 5.74) is 1.58. The molecular formula is C21H23N3O5S. The van der Waals surface area contributed by atoms with E-state index in [0.717, 1.165) is 24.8 Å². The average Bonchev–Trinajstić information content (AvgIpc) is 2.78. The molecule has 1 N–H and O–H groups in total. The minimum Gasteiger partial charge on any atom is -0.452 e. The van der Waals surface area contributed by atoms with Gasteiger partial charge in [0.15, 0.2) is 6.61 Å². The van der Waals surface area contributed by atoms with Gasteiger partial charge in [0.2, 0.25) is 0 Å². The van der Waals surface area contributed by atoms with Crippen molar-refractivity contribution in [2.24, 2.45) is 0 Å². The van der Waals surface area contributed by atoms with Gasteiger partial charge in [0.1, 0.15) is 0 Å². The largest absolute Gasteiger partial charge is 0.452 e. The molecule has 0 saturated carbocycles. The number of piperidine rings is 1. The van der Waals surface area contributed by atoms with Gasteiger partial charge < -0.3 is 15.0 Å². The Balaban J connectivity index is 1.53. The number of thioether (sulfide) groups is 1. The maximum atomic E-state index is 12.2. The summed E-state index contributed by atoms with van der Waals surface area (Å²) in [6.45, 7) is 1.60. The summed E-state index contributed by atoms with van der Waals surface area (Å²) < 4.78 is 5.00. The normalized spacial score (nSPS) is 13.6. The van der Waals surface area contributed by atoms with E-state index in [1.54, 1.807) is 6.26 Å². The van der Waals surface area contributed by atoms with Crippen LogP contribution in [0.1, 0.15) is 29.6 Å². The zero-order valence-corrected chi connectivity index (χ0v) is 17.4. The first kappa shape index (κ1) is 21.6. The van der Waals surface area contributed by atoms with Crippen molar-refractivity contribution in [2.75, 3.05) is 36.2 Å². The third kappa shape index (κ3) is 5.50. The van der Waals surface area contributed by atoms with Crippen LogP contribution in [-0.4, -0.2) is 42.8 Å². The molecule has 0 unspecified atom stereocenters. The summed E-state index contributed by atoms with van der Waals surface area (Å²) in [7, 11) is 0. The van der Waals surface area contributed by atoms with Crippen molar-refractivity contribution in [2.45, 2.75) is 24.2 Å². The average molecular weight is 429 g/mol. The topological polar surface area (TPSA) is 102 Å². The Morgan fingerprint density at radius 2 is 1.83 bits per heavy atom. The summed E-state index contributed by atoms with van der Waals surface area (Å²) in [6, 6.07) is 11.6. The Hall–Kier alpha value is -3.07. The van der Waals surface area contributed by atoms with Crippen molar-refractivity contribution in [1.82, 2.24) is 0 Å². The molecule has 30 heavy (non-hydrogen) atoms. The van der Waals surface area contributed by atoms with E-state index in [2.05, 4.69) is 10.2 Å². The van der Waals surface area contributed by atoms with Crippen molar-refractivity contribution >= 4 is 40.7 Å². The Morgan fingerprint density at radius 3 is 2.47 bits per heavy atom. The molecule has 0 aromatic heterocycles. The third-order valence-electron chi connectivity index (χ3n) is 4.82. The van der Waals surface area contributed by atoms with E-state index in [4.69, 9.17) is 4.74 Å². The number of esters is 1. The first-order valence-electron chi connectivity index (χ1n) is 9.62. The van der Waals surface area contributed by atoms with Gasteiger partial charge in [0.25, 0.3) is 11.6 Å². The van der Waals surface area contributed by atoms with Gasteiger partial charge in [-0.15, -0.1) is 11.8 Å². The summed E-state index contributed by atoms with van der Waals surface area (Å²) in [6.07, 6.45) is 5.35. The van der Waals surface area contributed by atoms with E-state index in [-0.39, 0.29) is 11.3 Å². The molecule has 3 rings (SSSR count). The number of amides is 1. The quantitative estimate of drug-likeness (QED) is 0.306. The molecule has 1 fully saturated rings. The number of rotatable bonds is 7. The van der Waals surface area contributed by atoms with Gasteiger partial charge in [-0.1, -0.05) is 0 Å². The summed E-state index contributed by atoms with van der Waals surface area (Å²) in [5.74, 6) is -1.27. The number of benzene rings is 2. The van der Waals surface area contributed by atoms with Crippen molar-refractivity contribution < 1.29 is 19.2 Å². The number of nitro groups is 1. The van der Waals surface area contributed by atoms with Crippen LogP contribution in [0, 0.1) is 10.1 Å². The molecule has 1 aliphatic rings. The fourth-order valence-electron chi connectivity index (χ4n) is 3.28. The fourth-order valence-corrected chi connectivity index (χ4v) is 3.83. The van der Waals surface area contributed by atoms with Crippen LogP contribution in [0.4, 0.5) is 17.1 Å².